The van der Waals surface area contributed by atoms with Crippen molar-refractivity contribution in [3.8, 4) is 0 Å². The molecule has 1 unspecified atom stereocenters. The molecule has 1 aromatic carbocycles. The molecule has 1 saturated heterocycles. The molecule has 0 N–H and O–H groups in total. The Hall–Kier alpha value is -1.39. The average Bonchev–Trinajstić information content (AvgIpc) is 2.94. The maximum absolute atomic E-state index is 11.3. The molecule has 104 valence electrons. The van der Waals surface area contributed by atoms with E-state index in [-0.39, 0.29) is 18.5 Å². The Labute approximate surface area is 113 Å². The van der Waals surface area contributed by atoms with Gasteiger partial charge in [0.05, 0.1) is 32.8 Å². The summed E-state index contributed by atoms with van der Waals surface area (Å²) in [6.45, 7) is 1.96. The van der Waals surface area contributed by atoms with Gasteiger partial charge in [-0.2, -0.15) is 0 Å². The molecule has 1 heterocycles. The molecule has 0 bridgehead atoms. The second-order valence-corrected chi connectivity index (χ2v) is 4.67. The van der Waals surface area contributed by atoms with E-state index in [0.717, 1.165) is 30.6 Å². The molecule has 0 spiro atoms. The van der Waals surface area contributed by atoms with Crippen LogP contribution < -0.4 is 0 Å². The molecule has 0 saturated carbocycles. The lowest BCUT2D eigenvalue weighted by Crippen LogP contribution is -2.14. The number of carbonyl (C=O) groups is 1. The number of ether oxygens (including phenoxy) is 3. The van der Waals surface area contributed by atoms with Crippen LogP contribution in [0.3, 0.4) is 0 Å². The minimum Gasteiger partial charge on any atom is -0.469 e. The van der Waals surface area contributed by atoms with Crippen LogP contribution in [0.15, 0.2) is 24.3 Å². The van der Waals surface area contributed by atoms with Crippen LogP contribution in [0.4, 0.5) is 0 Å². The molecule has 0 aliphatic carbocycles. The van der Waals surface area contributed by atoms with Crippen molar-refractivity contribution < 1.29 is 19.0 Å². The van der Waals surface area contributed by atoms with E-state index in [4.69, 9.17) is 14.2 Å². The topological polar surface area (TPSA) is 44.8 Å². The van der Waals surface area contributed by atoms with Crippen molar-refractivity contribution in [3.63, 3.8) is 0 Å². The number of benzene rings is 1. The molecule has 1 aliphatic rings. The van der Waals surface area contributed by atoms with Gasteiger partial charge in [0.2, 0.25) is 0 Å². The van der Waals surface area contributed by atoms with Crippen molar-refractivity contribution in [2.75, 3.05) is 20.3 Å². The largest absolute Gasteiger partial charge is 0.469 e. The summed E-state index contributed by atoms with van der Waals surface area (Å²) in [6.07, 6.45) is 2.71. The summed E-state index contributed by atoms with van der Waals surface area (Å²) < 4.78 is 15.9. The Morgan fingerprint density at radius 1 is 1.37 bits per heavy atom. The number of rotatable bonds is 6. The summed E-state index contributed by atoms with van der Waals surface area (Å²) in [6, 6.07) is 7.78. The lowest BCUT2D eigenvalue weighted by atomic mass is 10.1. The van der Waals surface area contributed by atoms with Gasteiger partial charge in [0.1, 0.15) is 0 Å². The maximum atomic E-state index is 11.3. The maximum Gasteiger partial charge on any atom is 0.309 e. The Balaban J connectivity index is 1.86. The zero-order chi connectivity index (χ0) is 13.5. The third kappa shape index (κ3) is 4.33. The van der Waals surface area contributed by atoms with Crippen LogP contribution in [0.2, 0.25) is 0 Å². The van der Waals surface area contributed by atoms with Gasteiger partial charge in [-0.15, -0.1) is 0 Å². The monoisotopic (exact) mass is 264 g/mol. The number of methoxy groups -OCH3 is 1. The number of hydrogen-bond donors (Lipinski definition) is 0. The second-order valence-electron chi connectivity index (χ2n) is 4.67. The van der Waals surface area contributed by atoms with Crippen LogP contribution in [0.25, 0.3) is 0 Å². The summed E-state index contributed by atoms with van der Waals surface area (Å²) in [4.78, 5) is 11.3. The summed E-state index contributed by atoms with van der Waals surface area (Å²) in [5, 5.41) is 0. The van der Waals surface area contributed by atoms with Gasteiger partial charge in [0.15, 0.2) is 0 Å². The quantitative estimate of drug-likeness (QED) is 0.738. The standard InChI is InChI=1S/C15H20O4/c1-17-15(16)9-12-5-2-3-6-13(12)10-18-11-14-7-4-8-19-14/h2-3,5-6,14H,4,7-11H2,1H3. The predicted molar refractivity (Wildman–Crippen MR) is 70.8 cm³/mol. The van der Waals surface area contributed by atoms with Crippen molar-refractivity contribution in [1.29, 1.82) is 0 Å². The first-order chi connectivity index (χ1) is 9.29. The number of hydrogen-bond acceptors (Lipinski definition) is 4. The highest BCUT2D eigenvalue weighted by Crippen LogP contribution is 2.15. The summed E-state index contributed by atoms with van der Waals surface area (Å²) in [5.74, 6) is -0.230. The van der Waals surface area contributed by atoms with E-state index in [1.54, 1.807) is 0 Å². The first-order valence-electron chi connectivity index (χ1n) is 6.62. The molecule has 0 aromatic heterocycles. The third-order valence-corrected chi connectivity index (χ3v) is 3.27. The summed E-state index contributed by atoms with van der Waals surface area (Å²) in [5.41, 5.74) is 1.99. The van der Waals surface area contributed by atoms with E-state index in [9.17, 15) is 4.79 Å². The van der Waals surface area contributed by atoms with Crippen LogP contribution >= 0.6 is 0 Å². The second kappa shape index (κ2) is 7.26. The van der Waals surface area contributed by atoms with E-state index in [2.05, 4.69) is 0 Å². The van der Waals surface area contributed by atoms with Gasteiger partial charge in [0.25, 0.3) is 0 Å². The minimum atomic E-state index is -0.230. The number of carbonyl (C=O) groups excluding carboxylic acids is 1. The first kappa shape index (κ1) is 14.0. The Bertz CT molecular complexity index is 410. The smallest absolute Gasteiger partial charge is 0.309 e. The van der Waals surface area contributed by atoms with Crippen molar-refractivity contribution in [2.24, 2.45) is 0 Å². The Kier molecular flexibility index (Phi) is 5.36. The Morgan fingerprint density at radius 2 is 2.16 bits per heavy atom. The fourth-order valence-electron chi connectivity index (χ4n) is 2.17. The lowest BCUT2D eigenvalue weighted by Gasteiger charge is -2.12. The number of esters is 1. The highest BCUT2D eigenvalue weighted by molar-refractivity contribution is 5.72. The molecule has 1 aliphatic heterocycles. The zero-order valence-electron chi connectivity index (χ0n) is 11.3. The van der Waals surface area contributed by atoms with Gasteiger partial charge >= 0.3 is 5.97 Å². The molecule has 1 aromatic rings. The minimum absolute atomic E-state index is 0.229. The van der Waals surface area contributed by atoms with E-state index >= 15 is 0 Å². The molecule has 4 heteroatoms. The zero-order valence-corrected chi connectivity index (χ0v) is 11.3. The molecule has 0 radical (unpaired) electrons. The van der Waals surface area contributed by atoms with Gasteiger partial charge in [-0.05, 0) is 24.0 Å². The highest BCUT2D eigenvalue weighted by atomic mass is 16.5. The molecule has 19 heavy (non-hydrogen) atoms. The van der Waals surface area contributed by atoms with Gasteiger partial charge in [-0.25, -0.2) is 0 Å². The van der Waals surface area contributed by atoms with Gasteiger partial charge < -0.3 is 14.2 Å². The molecule has 0 amide bonds. The van der Waals surface area contributed by atoms with E-state index in [0.29, 0.717) is 13.2 Å². The van der Waals surface area contributed by atoms with Gasteiger partial charge in [-0.1, -0.05) is 24.3 Å². The Morgan fingerprint density at radius 3 is 2.84 bits per heavy atom. The summed E-state index contributed by atoms with van der Waals surface area (Å²) in [7, 11) is 1.40. The molecule has 1 atom stereocenters. The van der Waals surface area contributed by atoms with Crippen molar-refractivity contribution in [2.45, 2.75) is 32.0 Å². The van der Waals surface area contributed by atoms with Crippen LogP contribution in [0, 0.1) is 0 Å². The SMILES string of the molecule is COC(=O)Cc1ccccc1COCC1CCCO1. The van der Waals surface area contributed by atoms with E-state index < -0.39 is 0 Å². The first-order valence-corrected chi connectivity index (χ1v) is 6.62. The highest BCUT2D eigenvalue weighted by Gasteiger charge is 2.15. The molecular weight excluding hydrogens is 244 g/mol. The molecule has 4 nitrogen and oxygen atoms in total. The fourth-order valence-corrected chi connectivity index (χ4v) is 2.17. The van der Waals surface area contributed by atoms with Gasteiger partial charge in [0, 0.05) is 6.61 Å². The van der Waals surface area contributed by atoms with Crippen molar-refractivity contribution >= 4 is 5.97 Å². The van der Waals surface area contributed by atoms with Crippen molar-refractivity contribution in [1.82, 2.24) is 0 Å². The van der Waals surface area contributed by atoms with E-state index in [1.807, 2.05) is 24.3 Å². The molecule has 1 fully saturated rings. The summed E-state index contributed by atoms with van der Waals surface area (Å²) >= 11 is 0. The lowest BCUT2D eigenvalue weighted by molar-refractivity contribution is -0.139. The normalized spacial score (nSPS) is 18.5. The van der Waals surface area contributed by atoms with Crippen LogP contribution in [0.5, 0.6) is 0 Å². The molecular formula is C15H20O4. The van der Waals surface area contributed by atoms with Crippen molar-refractivity contribution in [3.05, 3.63) is 35.4 Å². The van der Waals surface area contributed by atoms with E-state index in [1.165, 1.54) is 7.11 Å². The average molecular weight is 264 g/mol. The molecule has 2 rings (SSSR count). The van der Waals surface area contributed by atoms with Crippen LogP contribution in [-0.4, -0.2) is 32.4 Å². The van der Waals surface area contributed by atoms with Crippen LogP contribution in [-0.2, 0) is 32.0 Å². The van der Waals surface area contributed by atoms with Crippen LogP contribution in [0.1, 0.15) is 24.0 Å². The fraction of sp³-hybridized carbons (Fsp3) is 0.533. The third-order valence-electron chi connectivity index (χ3n) is 3.27. The van der Waals surface area contributed by atoms with Gasteiger partial charge in [-0.3, -0.25) is 4.79 Å². The predicted octanol–water partition coefficient (Wildman–Crippen LogP) is 2.10.